The third-order valence-corrected chi connectivity index (χ3v) is 6.98. The van der Waals surface area contributed by atoms with Gasteiger partial charge in [-0.1, -0.05) is 5.21 Å². The number of aliphatic hydroxyl groups excluding tert-OH is 1. The third kappa shape index (κ3) is 5.87. The Morgan fingerprint density at radius 2 is 1.86 bits per heavy atom. The molecule has 0 aliphatic carbocycles. The van der Waals surface area contributed by atoms with E-state index in [2.05, 4.69) is 25.0 Å². The van der Waals surface area contributed by atoms with E-state index in [1.54, 1.807) is 51.9 Å². The molecular formula is C22H28F2N8O3S. The van der Waals surface area contributed by atoms with Gasteiger partial charge in [-0.15, -0.1) is 5.10 Å². The van der Waals surface area contributed by atoms with Crippen LogP contribution in [-0.4, -0.2) is 84.0 Å². The van der Waals surface area contributed by atoms with Gasteiger partial charge in [-0.25, -0.2) is 31.8 Å². The fourth-order valence-corrected chi connectivity index (χ4v) is 4.68. The van der Waals surface area contributed by atoms with Crippen LogP contribution in [0.2, 0.25) is 0 Å². The zero-order valence-electron chi connectivity index (χ0n) is 20.2. The number of aromatic nitrogens is 5. The lowest BCUT2D eigenvalue weighted by Gasteiger charge is -2.31. The smallest absolute Gasteiger partial charge is 0.251 e. The van der Waals surface area contributed by atoms with Crippen LogP contribution in [0.3, 0.4) is 0 Å². The molecule has 0 unspecified atom stereocenters. The lowest BCUT2D eigenvalue weighted by Crippen LogP contribution is -2.40. The average Bonchev–Trinajstić information content (AvgIpc) is 3.28. The zero-order chi connectivity index (χ0) is 26.1. The molecule has 0 bridgehead atoms. The maximum absolute atomic E-state index is 13.6. The molecule has 0 saturated carbocycles. The molecule has 11 nitrogen and oxygen atoms in total. The Morgan fingerprint density at radius 3 is 2.53 bits per heavy atom. The molecule has 36 heavy (non-hydrogen) atoms. The lowest BCUT2D eigenvalue weighted by molar-refractivity contribution is -0.0222. The number of rotatable bonds is 8. The SMILES string of the molecule is Cc1cc(-c2cn(-c3ccc(NS(=O)(=O)CCO)cc3N(C)C)nn2)nc(N2CCC(F)(F)CC2)n1. The highest BCUT2D eigenvalue weighted by Crippen LogP contribution is 2.31. The van der Waals surface area contributed by atoms with Crippen molar-refractivity contribution < 1.29 is 22.3 Å². The number of sulfonamides is 1. The normalized spacial score (nSPS) is 15.7. The molecule has 2 aromatic heterocycles. The number of aliphatic hydroxyl groups is 1. The van der Waals surface area contributed by atoms with Gasteiger partial charge in [-0.2, -0.15) is 0 Å². The van der Waals surface area contributed by atoms with Gasteiger partial charge in [-0.3, -0.25) is 4.72 Å². The van der Waals surface area contributed by atoms with Crippen LogP contribution >= 0.6 is 0 Å². The number of hydrogen-bond donors (Lipinski definition) is 2. The molecule has 0 amide bonds. The molecular weight excluding hydrogens is 494 g/mol. The third-order valence-electron chi connectivity index (χ3n) is 5.71. The van der Waals surface area contributed by atoms with Crippen LogP contribution in [-0.2, 0) is 10.0 Å². The van der Waals surface area contributed by atoms with Crippen LogP contribution in [0.5, 0.6) is 0 Å². The highest BCUT2D eigenvalue weighted by molar-refractivity contribution is 7.92. The van der Waals surface area contributed by atoms with Crippen molar-refractivity contribution in [3.63, 3.8) is 0 Å². The summed E-state index contributed by atoms with van der Waals surface area (Å²) in [6.07, 6.45) is 1.21. The summed E-state index contributed by atoms with van der Waals surface area (Å²) in [5.74, 6) is -2.69. The Balaban J connectivity index is 1.62. The van der Waals surface area contributed by atoms with Crippen molar-refractivity contribution in [2.45, 2.75) is 25.7 Å². The van der Waals surface area contributed by atoms with Crippen molar-refractivity contribution in [2.24, 2.45) is 0 Å². The summed E-state index contributed by atoms with van der Waals surface area (Å²) in [7, 11) is -0.0529. The minimum atomic E-state index is -3.67. The van der Waals surface area contributed by atoms with Crippen molar-refractivity contribution in [1.29, 1.82) is 0 Å². The molecule has 1 saturated heterocycles. The number of aryl methyl sites for hydroxylation is 1. The van der Waals surface area contributed by atoms with E-state index in [-0.39, 0.29) is 25.9 Å². The van der Waals surface area contributed by atoms with Crippen molar-refractivity contribution in [1.82, 2.24) is 25.0 Å². The van der Waals surface area contributed by atoms with E-state index < -0.39 is 28.3 Å². The fourth-order valence-electron chi connectivity index (χ4n) is 3.85. The van der Waals surface area contributed by atoms with E-state index in [1.165, 1.54) is 0 Å². The summed E-state index contributed by atoms with van der Waals surface area (Å²) in [5.41, 5.74) is 3.33. The Hall–Kier alpha value is -3.39. The van der Waals surface area contributed by atoms with Crippen molar-refractivity contribution in [3.05, 3.63) is 36.2 Å². The highest BCUT2D eigenvalue weighted by Gasteiger charge is 2.35. The zero-order valence-corrected chi connectivity index (χ0v) is 21.0. The second-order valence-corrected chi connectivity index (χ2v) is 10.7. The van der Waals surface area contributed by atoms with E-state index in [4.69, 9.17) is 5.11 Å². The quantitative estimate of drug-likeness (QED) is 0.457. The summed E-state index contributed by atoms with van der Waals surface area (Å²) >= 11 is 0. The van der Waals surface area contributed by atoms with Crippen LogP contribution in [0, 0.1) is 6.92 Å². The number of nitrogens with zero attached hydrogens (tertiary/aromatic N) is 7. The van der Waals surface area contributed by atoms with Gasteiger partial charge < -0.3 is 14.9 Å². The topological polar surface area (TPSA) is 129 Å². The van der Waals surface area contributed by atoms with Gasteiger partial charge in [0, 0.05) is 45.7 Å². The molecule has 0 spiro atoms. The Labute approximate surface area is 207 Å². The molecule has 2 N–H and O–H groups in total. The van der Waals surface area contributed by atoms with E-state index >= 15 is 0 Å². The molecule has 194 valence electrons. The van der Waals surface area contributed by atoms with Gasteiger partial charge in [0.2, 0.25) is 16.0 Å². The first-order valence-corrected chi connectivity index (χ1v) is 13.0. The number of anilines is 3. The van der Waals surface area contributed by atoms with Crippen LogP contribution < -0.4 is 14.5 Å². The van der Waals surface area contributed by atoms with Crippen molar-refractivity contribution in [3.8, 4) is 17.1 Å². The molecule has 1 fully saturated rings. The minimum Gasteiger partial charge on any atom is -0.395 e. The van der Waals surface area contributed by atoms with Crippen molar-refractivity contribution in [2.75, 3.05) is 54.1 Å². The van der Waals surface area contributed by atoms with Gasteiger partial charge in [0.15, 0.2) is 0 Å². The first-order valence-electron chi connectivity index (χ1n) is 11.3. The molecule has 1 aromatic carbocycles. The first kappa shape index (κ1) is 25.7. The highest BCUT2D eigenvalue weighted by atomic mass is 32.2. The Morgan fingerprint density at radius 1 is 1.14 bits per heavy atom. The molecule has 0 radical (unpaired) electrons. The molecule has 1 aliphatic heterocycles. The summed E-state index contributed by atoms with van der Waals surface area (Å²) < 4.78 is 55.2. The van der Waals surface area contributed by atoms with Gasteiger partial charge in [0.1, 0.15) is 5.69 Å². The van der Waals surface area contributed by atoms with Gasteiger partial charge in [-0.05, 0) is 31.2 Å². The Bertz CT molecular complexity index is 1340. The summed E-state index contributed by atoms with van der Waals surface area (Å²) in [5, 5.41) is 17.4. The van der Waals surface area contributed by atoms with Crippen LogP contribution in [0.15, 0.2) is 30.5 Å². The molecule has 3 aromatic rings. The number of halogens is 2. The fraction of sp³-hybridized carbons (Fsp3) is 0.455. The maximum Gasteiger partial charge on any atom is 0.251 e. The Kier molecular flexibility index (Phi) is 7.09. The summed E-state index contributed by atoms with van der Waals surface area (Å²) in [6, 6.07) is 6.71. The lowest BCUT2D eigenvalue weighted by atomic mass is 10.1. The van der Waals surface area contributed by atoms with Crippen molar-refractivity contribution >= 4 is 27.3 Å². The van der Waals surface area contributed by atoms with E-state index in [9.17, 15) is 17.2 Å². The van der Waals surface area contributed by atoms with Gasteiger partial charge in [0.25, 0.3) is 5.92 Å². The average molecular weight is 523 g/mol. The standard InChI is InChI=1S/C22H28F2N8O3S/c1-15-12-17(26-21(25-15)31-8-6-22(23,24)7-9-31)18-14-32(29-27-18)19-5-4-16(13-20(19)30(2)3)28-36(34,35)11-10-33/h4-5,12-14,28,33H,6-11H2,1-3H3. The monoisotopic (exact) mass is 522 g/mol. The number of alkyl halides is 2. The largest absolute Gasteiger partial charge is 0.395 e. The summed E-state index contributed by atoms with van der Waals surface area (Å²) in [6.45, 7) is 1.66. The van der Waals surface area contributed by atoms with E-state index in [0.29, 0.717) is 40.1 Å². The number of nitrogens with one attached hydrogen (secondary N) is 1. The minimum absolute atomic E-state index is 0.170. The van der Waals surface area contributed by atoms with Gasteiger partial charge in [0.05, 0.1) is 41.3 Å². The maximum atomic E-state index is 13.6. The number of hydrogen-bond acceptors (Lipinski definition) is 9. The molecule has 3 heterocycles. The molecule has 4 rings (SSSR count). The molecule has 0 atom stereocenters. The second kappa shape index (κ2) is 9.93. The van der Waals surface area contributed by atoms with Gasteiger partial charge >= 0.3 is 0 Å². The van der Waals surface area contributed by atoms with Crippen LogP contribution in [0.25, 0.3) is 17.1 Å². The molecule has 14 heteroatoms. The first-order chi connectivity index (χ1) is 17.0. The van der Waals surface area contributed by atoms with Crippen LogP contribution in [0.1, 0.15) is 18.5 Å². The number of benzene rings is 1. The second-order valence-electron chi connectivity index (χ2n) is 8.83. The number of piperidine rings is 1. The summed E-state index contributed by atoms with van der Waals surface area (Å²) in [4.78, 5) is 12.5. The predicted molar refractivity (Wildman–Crippen MR) is 132 cm³/mol. The van der Waals surface area contributed by atoms with E-state index in [1.807, 2.05) is 14.1 Å². The molecule has 1 aliphatic rings. The van der Waals surface area contributed by atoms with Crippen LogP contribution in [0.4, 0.5) is 26.1 Å². The predicted octanol–water partition coefficient (Wildman–Crippen LogP) is 2.07. The van der Waals surface area contributed by atoms with E-state index in [0.717, 1.165) is 0 Å².